The van der Waals surface area contributed by atoms with Gasteiger partial charge in [0.15, 0.2) is 0 Å². The lowest BCUT2D eigenvalue weighted by Gasteiger charge is -2.21. The van der Waals surface area contributed by atoms with Crippen LogP contribution in [0.25, 0.3) is 0 Å². The monoisotopic (exact) mass is 330 g/mol. The molecule has 0 amide bonds. The van der Waals surface area contributed by atoms with Crippen LogP contribution in [-0.4, -0.2) is 25.3 Å². The number of hydrogen-bond donors (Lipinski definition) is 1. The third kappa shape index (κ3) is 2.60. The zero-order valence-corrected chi connectivity index (χ0v) is 12.2. The van der Waals surface area contributed by atoms with Gasteiger partial charge >= 0.3 is 0 Å². The minimum atomic E-state index is -3.55. The molecule has 18 heavy (non-hydrogen) atoms. The normalized spacial score (nSPS) is 15.9. The van der Waals surface area contributed by atoms with Gasteiger partial charge in [0, 0.05) is 17.1 Å². The Kier molecular flexibility index (Phi) is 3.79. The molecule has 1 aliphatic carbocycles. The van der Waals surface area contributed by atoms with Gasteiger partial charge in [-0.15, -0.1) is 6.58 Å². The molecule has 0 heterocycles. The summed E-state index contributed by atoms with van der Waals surface area (Å²) in [5, 5.41) is 0. The van der Waals surface area contributed by atoms with Crippen LogP contribution < -0.4 is 5.73 Å². The summed E-state index contributed by atoms with van der Waals surface area (Å²) in [5.41, 5.74) is 6.05. The highest BCUT2D eigenvalue weighted by Gasteiger charge is 2.38. The van der Waals surface area contributed by atoms with Crippen molar-refractivity contribution in [3.63, 3.8) is 0 Å². The van der Waals surface area contributed by atoms with Crippen molar-refractivity contribution >= 4 is 31.6 Å². The predicted molar refractivity (Wildman–Crippen MR) is 75.7 cm³/mol. The first kappa shape index (κ1) is 13.6. The van der Waals surface area contributed by atoms with Gasteiger partial charge in [0.25, 0.3) is 0 Å². The lowest BCUT2D eigenvalue weighted by atomic mass is 10.3. The van der Waals surface area contributed by atoms with Crippen molar-refractivity contribution in [1.82, 2.24) is 4.31 Å². The van der Waals surface area contributed by atoms with E-state index in [-0.39, 0.29) is 16.6 Å². The first-order chi connectivity index (χ1) is 8.46. The molecule has 98 valence electrons. The smallest absolute Gasteiger partial charge is 0.245 e. The van der Waals surface area contributed by atoms with Crippen molar-refractivity contribution < 1.29 is 8.42 Å². The van der Waals surface area contributed by atoms with Crippen LogP contribution in [0.4, 0.5) is 5.69 Å². The molecule has 0 unspecified atom stereocenters. The number of nitrogens with two attached hydrogens (primary N) is 1. The molecule has 6 heteroatoms. The lowest BCUT2D eigenvalue weighted by molar-refractivity contribution is 0.436. The van der Waals surface area contributed by atoms with Crippen molar-refractivity contribution in [2.24, 2.45) is 0 Å². The zero-order valence-electron chi connectivity index (χ0n) is 9.84. The van der Waals surface area contributed by atoms with Crippen LogP contribution in [0.15, 0.2) is 40.2 Å². The maximum Gasteiger partial charge on any atom is 0.245 e. The van der Waals surface area contributed by atoms with E-state index in [2.05, 4.69) is 22.5 Å². The second kappa shape index (κ2) is 5.03. The third-order valence-corrected chi connectivity index (χ3v) is 5.29. The Balaban J connectivity index is 2.45. The highest BCUT2D eigenvalue weighted by molar-refractivity contribution is 9.10. The summed E-state index contributed by atoms with van der Waals surface area (Å²) in [5.74, 6) is 0. The summed E-state index contributed by atoms with van der Waals surface area (Å²) in [6.07, 6.45) is 3.41. The SMILES string of the molecule is C=CCN(C1CC1)S(=O)(=O)c1cc(Br)ccc1N. The molecule has 0 aromatic heterocycles. The number of sulfonamides is 1. The van der Waals surface area contributed by atoms with Crippen LogP contribution in [0.2, 0.25) is 0 Å². The maximum atomic E-state index is 12.6. The van der Waals surface area contributed by atoms with Crippen LogP contribution in [0.3, 0.4) is 0 Å². The molecule has 0 aliphatic heterocycles. The van der Waals surface area contributed by atoms with Gasteiger partial charge in [-0.1, -0.05) is 22.0 Å². The van der Waals surface area contributed by atoms with E-state index in [1.165, 1.54) is 4.31 Å². The Labute approximate surface area is 116 Å². The molecular formula is C12H15BrN2O2S. The Morgan fingerprint density at radius 2 is 2.17 bits per heavy atom. The summed E-state index contributed by atoms with van der Waals surface area (Å²) in [7, 11) is -3.55. The van der Waals surface area contributed by atoms with Crippen LogP contribution in [0.5, 0.6) is 0 Å². The number of nitrogen functional groups attached to an aromatic ring is 1. The number of halogens is 1. The summed E-state index contributed by atoms with van der Waals surface area (Å²) in [6.45, 7) is 3.93. The fourth-order valence-electron chi connectivity index (χ4n) is 1.79. The van der Waals surface area contributed by atoms with E-state index < -0.39 is 10.0 Å². The molecular weight excluding hydrogens is 316 g/mol. The largest absolute Gasteiger partial charge is 0.398 e. The molecule has 0 bridgehead atoms. The van der Waals surface area contributed by atoms with Gasteiger partial charge < -0.3 is 5.73 Å². The summed E-state index contributed by atoms with van der Waals surface area (Å²) in [4.78, 5) is 0.158. The number of anilines is 1. The first-order valence-corrected chi connectivity index (χ1v) is 7.88. The Hall–Kier alpha value is -0.850. The molecule has 1 saturated carbocycles. The predicted octanol–water partition coefficient (Wildman–Crippen LogP) is 2.37. The average Bonchev–Trinajstić information content (AvgIpc) is 3.13. The minimum absolute atomic E-state index is 0.0892. The maximum absolute atomic E-state index is 12.6. The van der Waals surface area contributed by atoms with Gasteiger partial charge in [-0.2, -0.15) is 4.31 Å². The summed E-state index contributed by atoms with van der Waals surface area (Å²) >= 11 is 3.27. The Morgan fingerprint density at radius 1 is 1.50 bits per heavy atom. The van der Waals surface area contributed by atoms with Crippen LogP contribution in [-0.2, 0) is 10.0 Å². The van der Waals surface area contributed by atoms with Crippen molar-refractivity contribution in [2.75, 3.05) is 12.3 Å². The highest BCUT2D eigenvalue weighted by Crippen LogP contribution is 2.34. The summed E-state index contributed by atoms with van der Waals surface area (Å²) in [6, 6.07) is 4.95. The number of hydrogen-bond acceptors (Lipinski definition) is 3. The quantitative estimate of drug-likeness (QED) is 0.665. The molecule has 1 aromatic rings. The van der Waals surface area contributed by atoms with Crippen molar-refractivity contribution in [1.29, 1.82) is 0 Å². The third-order valence-electron chi connectivity index (χ3n) is 2.83. The summed E-state index contributed by atoms with van der Waals surface area (Å²) < 4.78 is 27.3. The van der Waals surface area contributed by atoms with E-state index in [0.717, 1.165) is 12.8 Å². The highest BCUT2D eigenvalue weighted by atomic mass is 79.9. The van der Waals surface area contributed by atoms with E-state index in [1.54, 1.807) is 24.3 Å². The van der Waals surface area contributed by atoms with Gasteiger partial charge in [-0.05, 0) is 31.0 Å². The molecule has 0 atom stereocenters. The van der Waals surface area contributed by atoms with E-state index >= 15 is 0 Å². The van der Waals surface area contributed by atoms with Gasteiger partial charge in [0.1, 0.15) is 4.90 Å². The lowest BCUT2D eigenvalue weighted by Crippen LogP contribution is -2.33. The second-order valence-electron chi connectivity index (χ2n) is 4.28. The number of rotatable bonds is 5. The number of benzene rings is 1. The fourth-order valence-corrected chi connectivity index (χ4v) is 4.10. The van der Waals surface area contributed by atoms with Gasteiger partial charge in [-0.25, -0.2) is 8.42 Å². The molecule has 1 aliphatic rings. The van der Waals surface area contributed by atoms with Crippen LogP contribution in [0, 0.1) is 0 Å². The molecule has 4 nitrogen and oxygen atoms in total. The fraction of sp³-hybridized carbons (Fsp3) is 0.333. The molecule has 1 fully saturated rings. The molecule has 0 spiro atoms. The molecule has 1 aromatic carbocycles. The first-order valence-electron chi connectivity index (χ1n) is 5.64. The zero-order chi connectivity index (χ0) is 13.3. The van der Waals surface area contributed by atoms with Crippen molar-refractivity contribution in [3.05, 3.63) is 35.3 Å². The average molecular weight is 331 g/mol. The van der Waals surface area contributed by atoms with Crippen LogP contribution in [0.1, 0.15) is 12.8 Å². The molecule has 0 saturated heterocycles. The molecule has 0 radical (unpaired) electrons. The topological polar surface area (TPSA) is 63.4 Å². The minimum Gasteiger partial charge on any atom is -0.398 e. The van der Waals surface area contributed by atoms with Crippen molar-refractivity contribution in [2.45, 2.75) is 23.8 Å². The Bertz CT molecular complexity index is 567. The van der Waals surface area contributed by atoms with Crippen LogP contribution >= 0.6 is 15.9 Å². The second-order valence-corrected chi connectivity index (χ2v) is 7.05. The van der Waals surface area contributed by atoms with E-state index in [9.17, 15) is 8.42 Å². The van der Waals surface area contributed by atoms with E-state index in [1.807, 2.05) is 0 Å². The van der Waals surface area contributed by atoms with Gasteiger partial charge in [0.2, 0.25) is 10.0 Å². The van der Waals surface area contributed by atoms with E-state index in [4.69, 9.17) is 5.73 Å². The number of nitrogens with zero attached hydrogens (tertiary/aromatic N) is 1. The molecule has 2 N–H and O–H groups in total. The van der Waals surface area contributed by atoms with Gasteiger partial charge in [0.05, 0.1) is 5.69 Å². The van der Waals surface area contributed by atoms with E-state index in [0.29, 0.717) is 11.0 Å². The standard InChI is InChI=1S/C12H15BrN2O2S/c1-2-7-15(10-4-5-10)18(16,17)12-8-9(13)3-6-11(12)14/h2-3,6,8,10H,1,4-5,7,14H2. The van der Waals surface area contributed by atoms with Crippen molar-refractivity contribution in [3.8, 4) is 0 Å². The van der Waals surface area contributed by atoms with Gasteiger partial charge in [-0.3, -0.25) is 0 Å². The Morgan fingerprint density at radius 3 is 2.72 bits per heavy atom. The molecule has 2 rings (SSSR count).